The highest BCUT2D eigenvalue weighted by Crippen LogP contribution is 2.40. The van der Waals surface area contributed by atoms with E-state index in [0.29, 0.717) is 22.9 Å². The molecule has 3 rings (SSSR count). The zero-order chi connectivity index (χ0) is 21.0. The van der Waals surface area contributed by atoms with Crippen molar-refractivity contribution in [1.29, 1.82) is 0 Å². The lowest BCUT2D eigenvalue weighted by Crippen LogP contribution is -2.21. The second-order valence-corrected chi connectivity index (χ2v) is 7.09. The number of hydrogen-bond donors (Lipinski definition) is 4. The van der Waals surface area contributed by atoms with Crippen LogP contribution in [0.25, 0.3) is 20.9 Å². The maximum absolute atomic E-state index is 5.47. The average molecular weight is 411 g/mol. The second-order valence-electron chi connectivity index (χ2n) is 6.01. The predicted molar refractivity (Wildman–Crippen MR) is 119 cm³/mol. The summed E-state index contributed by atoms with van der Waals surface area (Å²) in [5.74, 6) is 1.14. The van der Waals surface area contributed by atoms with Gasteiger partial charge in [-0.15, -0.1) is 11.3 Å². The molecule has 0 amide bonds. The number of benzene rings is 2. The predicted octanol–water partition coefficient (Wildman–Crippen LogP) is 2.91. The smallest absolute Gasteiger partial charge is 0.191 e. The zero-order valence-corrected chi connectivity index (χ0v) is 16.9. The number of thiophene rings is 1. The minimum atomic E-state index is -0.0208. The quantitative estimate of drug-likeness (QED) is 0.363. The van der Waals surface area contributed by atoms with Gasteiger partial charge in [0.25, 0.3) is 0 Å². The summed E-state index contributed by atoms with van der Waals surface area (Å²) in [6.07, 6.45) is 0. The summed E-state index contributed by atoms with van der Waals surface area (Å²) in [6, 6.07) is 15.4. The Bertz CT molecular complexity index is 998. The van der Waals surface area contributed by atoms with Gasteiger partial charge in [-0.3, -0.25) is 0 Å². The second kappa shape index (κ2) is 8.53. The van der Waals surface area contributed by atoms with Gasteiger partial charge < -0.3 is 32.4 Å². The van der Waals surface area contributed by atoms with Gasteiger partial charge in [-0.25, -0.2) is 9.98 Å². The first-order chi connectivity index (χ1) is 13.9. The molecule has 9 heteroatoms. The van der Waals surface area contributed by atoms with Crippen LogP contribution in [0.15, 0.2) is 58.5 Å². The number of ether oxygens (including phenoxy) is 2. The molecule has 0 aliphatic carbocycles. The van der Waals surface area contributed by atoms with Gasteiger partial charge >= 0.3 is 0 Å². The minimum Gasteiger partial charge on any atom is -0.494 e. The molecule has 0 saturated carbocycles. The number of nitrogens with two attached hydrogens (primary N) is 4. The van der Waals surface area contributed by atoms with Crippen LogP contribution in [0.4, 0.5) is 11.4 Å². The third kappa shape index (κ3) is 4.58. The van der Waals surface area contributed by atoms with Crippen LogP contribution in [0.1, 0.15) is 0 Å². The van der Waals surface area contributed by atoms with E-state index >= 15 is 0 Å². The van der Waals surface area contributed by atoms with Crippen molar-refractivity contribution in [3.63, 3.8) is 0 Å². The van der Waals surface area contributed by atoms with Crippen molar-refractivity contribution in [3.8, 4) is 32.4 Å². The first kappa shape index (κ1) is 20.0. The van der Waals surface area contributed by atoms with Gasteiger partial charge in [-0.05, 0) is 47.5 Å². The lowest BCUT2D eigenvalue weighted by atomic mass is 10.1. The molecule has 0 fully saturated rings. The molecule has 0 unspecified atom stereocenters. The van der Waals surface area contributed by atoms with Crippen molar-refractivity contribution in [2.75, 3.05) is 14.2 Å². The first-order valence-corrected chi connectivity index (χ1v) is 9.39. The van der Waals surface area contributed by atoms with Gasteiger partial charge in [0.15, 0.2) is 11.9 Å². The van der Waals surface area contributed by atoms with Crippen molar-refractivity contribution < 1.29 is 9.47 Å². The normalized spacial score (nSPS) is 10.3. The molecule has 150 valence electrons. The first-order valence-electron chi connectivity index (χ1n) is 8.57. The molecule has 1 heterocycles. The van der Waals surface area contributed by atoms with E-state index in [1.807, 2.05) is 48.5 Å². The van der Waals surface area contributed by atoms with Gasteiger partial charge in [-0.1, -0.05) is 12.1 Å². The highest BCUT2D eigenvalue weighted by atomic mass is 32.1. The van der Waals surface area contributed by atoms with E-state index in [2.05, 4.69) is 9.98 Å². The molecule has 0 saturated heterocycles. The van der Waals surface area contributed by atoms with Gasteiger partial charge in [0.2, 0.25) is 0 Å². The largest absolute Gasteiger partial charge is 0.494 e. The van der Waals surface area contributed by atoms with Crippen LogP contribution in [0.3, 0.4) is 0 Å². The fourth-order valence-corrected chi connectivity index (χ4v) is 3.77. The topological polar surface area (TPSA) is 147 Å². The maximum atomic E-state index is 5.47. The van der Waals surface area contributed by atoms with Crippen LogP contribution in [0, 0.1) is 0 Å². The number of methoxy groups -OCH3 is 2. The van der Waals surface area contributed by atoms with E-state index < -0.39 is 0 Å². The molecule has 0 aliphatic rings. The van der Waals surface area contributed by atoms with Gasteiger partial charge in [0.1, 0.15) is 22.9 Å². The number of rotatable bonds is 6. The van der Waals surface area contributed by atoms with E-state index in [1.165, 1.54) is 0 Å². The number of nitrogens with zero attached hydrogens (tertiary/aromatic N) is 2. The summed E-state index contributed by atoms with van der Waals surface area (Å²) in [5.41, 5.74) is 25.0. The van der Waals surface area contributed by atoms with E-state index in [9.17, 15) is 0 Å². The van der Waals surface area contributed by atoms with Gasteiger partial charge in [-0.2, -0.15) is 0 Å². The average Bonchev–Trinajstić information content (AvgIpc) is 3.18. The summed E-state index contributed by atoms with van der Waals surface area (Å²) < 4.78 is 10.8. The standard InChI is InChI=1S/C20H22N6O2S/c1-27-15-9-11(3-5-13(15)25-19(21)22)17-7-8-18(29-17)12-4-6-14(26-20(23)24)16(10-12)28-2/h3-10H,1-2H3,(H4,21,22,25)(H4,23,24,26). The van der Waals surface area contributed by atoms with Crippen LogP contribution in [0.5, 0.6) is 11.5 Å². The fraction of sp³-hybridized carbons (Fsp3) is 0.100. The molecule has 0 spiro atoms. The summed E-state index contributed by atoms with van der Waals surface area (Å²) in [6.45, 7) is 0. The summed E-state index contributed by atoms with van der Waals surface area (Å²) in [7, 11) is 3.16. The summed E-state index contributed by atoms with van der Waals surface area (Å²) in [5, 5.41) is 0. The molecule has 2 aromatic carbocycles. The molecular weight excluding hydrogens is 388 g/mol. The number of aliphatic imine (C=N–C) groups is 2. The molecule has 1 aromatic heterocycles. The fourth-order valence-electron chi connectivity index (χ4n) is 2.77. The Morgan fingerprint density at radius 3 is 1.45 bits per heavy atom. The molecule has 3 aromatic rings. The third-order valence-corrected chi connectivity index (χ3v) is 5.22. The highest BCUT2D eigenvalue weighted by molar-refractivity contribution is 7.18. The van der Waals surface area contributed by atoms with Crippen LogP contribution in [-0.4, -0.2) is 26.1 Å². The van der Waals surface area contributed by atoms with E-state index in [1.54, 1.807) is 25.6 Å². The molecule has 0 bridgehead atoms. The van der Waals surface area contributed by atoms with Crippen molar-refractivity contribution in [3.05, 3.63) is 48.5 Å². The lowest BCUT2D eigenvalue weighted by Gasteiger charge is -2.08. The van der Waals surface area contributed by atoms with Crippen LogP contribution in [0.2, 0.25) is 0 Å². The number of guanidine groups is 2. The van der Waals surface area contributed by atoms with E-state index in [0.717, 1.165) is 20.9 Å². The minimum absolute atomic E-state index is 0.0208. The molecule has 0 atom stereocenters. The van der Waals surface area contributed by atoms with Crippen molar-refractivity contribution in [2.45, 2.75) is 0 Å². The monoisotopic (exact) mass is 410 g/mol. The molecule has 8 N–H and O–H groups in total. The molecular formula is C20H22N6O2S. The van der Waals surface area contributed by atoms with Crippen molar-refractivity contribution in [1.82, 2.24) is 0 Å². The SMILES string of the molecule is COc1cc(-c2ccc(-c3ccc(N=C(N)N)c(OC)c3)s2)ccc1N=C(N)N. The summed E-state index contributed by atoms with van der Waals surface area (Å²) in [4.78, 5) is 10.3. The third-order valence-electron chi connectivity index (χ3n) is 4.03. The Morgan fingerprint density at radius 1 is 0.690 bits per heavy atom. The van der Waals surface area contributed by atoms with E-state index in [-0.39, 0.29) is 11.9 Å². The zero-order valence-electron chi connectivity index (χ0n) is 16.0. The van der Waals surface area contributed by atoms with Gasteiger partial charge in [0, 0.05) is 9.75 Å². The highest BCUT2D eigenvalue weighted by Gasteiger charge is 2.11. The van der Waals surface area contributed by atoms with Crippen LogP contribution in [-0.2, 0) is 0 Å². The molecule has 8 nitrogen and oxygen atoms in total. The van der Waals surface area contributed by atoms with Crippen LogP contribution < -0.4 is 32.4 Å². The molecule has 0 aliphatic heterocycles. The maximum Gasteiger partial charge on any atom is 0.191 e. The Labute approximate surface area is 172 Å². The lowest BCUT2D eigenvalue weighted by molar-refractivity contribution is 0.416. The Kier molecular flexibility index (Phi) is 5.89. The molecule has 0 radical (unpaired) electrons. The molecule has 29 heavy (non-hydrogen) atoms. The van der Waals surface area contributed by atoms with Gasteiger partial charge in [0.05, 0.1) is 14.2 Å². The Hall–Kier alpha value is -3.72. The van der Waals surface area contributed by atoms with Crippen molar-refractivity contribution in [2.24, 2.45) is 32.9 Å². The summed E-state index contributed by atoms with van der Waals surface area (Å²) >= 11 is 1.64. The Balaban J connectivity index is 1.95. The Morgan fingerprint density at radius 2 is 1.10 bits per heavy atom. The van der Waals surface area contributed by atoms with Crippen molar-refractivity contribution >= 4 is 34.6 Å². The number of hydrogen-bond acceptors (Lipinski definition) is 5. The van der Waals surface area contributed by atoms with Crippen LogP contribution >= 0.6 is 11.3 Å². The van der Waals surface area contributed by atoms with E-state index in [4.69, 9.17) is 32.4 Å².